The summed E-state index contributed by atoms with van der Waals surface area (Å²) in [5, 5.41) is 10.7. The molecule has 2 N–H and O–H groups in total. The van der Waals surface area contributed by atoms with Gasteiger partial charge in [0.1, 0.15) is 11.5 Å². The van der Waals surface area contributed by atoms with Crippen LogP contribution in [0, 0.1) is 6.92 Å². The molecule has 2 aromatic heterocycles. The fourth-order valence-electron chi connectivity index (χ4n) is 4.37. The van der Waals surface area contributed by atoms with Crippen LogP contribution >= 0.6 is 35.3 Å². The minimum Gasteiger partial charge on any atom is -0.465 e. The summed E-state index contributed by atoms with van der Waals surface area (Å²) in [6.07, 6.45) is 4.80. The van der Waals surface area contributed by atoms with Crippen LogP contribution in [0.4, 0.5) is 5.00 Å². The maximum atomic E-state index is 5.97. The summed E-state index contributed by atoms with van der Waals surface area (Å²) in [6.45, 7) is 7.29. The lowest BCUT2D eigenvalue weighted by molar-refractivity contribution is 0.213. The maximum Gasteiger partial charge on any atom is 0.191 e. The molecule has 2 saturated heterocycles. The predicted molar refractivity (Wildman–Crippen MR) is 136 cm³/mol. The molecular formula is C22H34IN5OS. The van der Waals surface area contributed by atoms with Crippen LogP contribution in [0.2, 0.25) is 0 Å². The molecule has 2 aromatic rings. The highest BCUT2D eigenvalue weighted by atomic mass is 127. The van der Waals surface area contributed by atoms with Crippen LogP contribution in [0.1, 0.15) is 43.2 Å². The number of guanidine groups is 1. The molecule has 0 saturated carbocycles. The van der Waals surface area contributed by atoms with Gasteiger partial charge in [-0.25, -0.2) is 0 Å². The van der Waals surface area contributed by atoms with Crippen LogP contribution in [-0.2, 0) is 0 Å². The number of anilines is 1. The van der Waals surface area contributed by atoms with E-state index in [2.05, 4.69) is 55.1 Å². The Morgan fingerprint density at radius 3 is 2.57 bits per heavy atom. The van der Waals surface area contributed by atoms with Crippen LogP contribution in [0.3, 0.4) is 0 Å². The summed E-state index contributed by atoms with van der Waals surface area (Å²) in [5.74, 6) is 2.92. The van der Waals surface area contributed by atoms with Gasteiger partial charge in [-0.05, 0) is 75.3 Å². The molecule has 2 aliphatic rings. The Bertz CT molecular complexity index is 779. The number of thiophene rings is 1. The zero-order valence-corrected chi connectivity index (χ0v) is 21.1. The predicted octanol–water partition coefficient (Wildman–Crippen LogP) is 4.24. The molecule has 0 bridgehead atoms. The van der Waals surface area contributed by atoms with Gasteiger partial charge in [0.15, 0.2) is 5.96 Å². The Balaban J connectivity index is 0.00000256. The summed E-state index contributed by atoms with van der Waals surface area (Å²) >= 11 is 1.83. The van der Waals surface area contributed by atoms with E-state index < -0.39 is 0 Å². The average Bonchev–Trinajstić information content (AvgIpc) is 3.51. The lowest BCUT2D eigenvalue weighted by Crippen LogP contribution is -2.50. The number of aliphatic imine (C=N–C) groups is 1. The summed E-state index contributed by atoms with van der Waals surface area (Å²) in [5.41, 5.74) is 0. The van der Waals surface area contributed by atoms with Gasteiger partial charge in [-0.2, -0.15) is 0 Å². The van der Waals surface area contributed by atoms with E-state index in [0.29, 0.717) is 6.04 Å². The van der Waals surface area contributed by atoms with E-state index in [4.69, 9.17) is 4.42 Å². The minimum absolute atomic E-state index is 0. The Morgan fingerprint density at radius 1 is 1.20 bits per heavy atom. The highest BCUT2D eigenvalue weighted by Crippen LogP contribution is 2.27. The van der Waals surface area contributed by atoms with Gasteiger partial charge < -0.3 is 20.0 Å². The van der Waals surface area contributed by atoms with Gasteiger partial charge >= 0.3 is 0 Å². The van der Waals surface area contributed by atoms with Crippen LogP contribution in [0.15, 0.2) is 39.1 Å². The molecule has 0 spiro atoms. The van der Waals surface area contributed by atoms with E-state index in [-0.39, 0.29) is 30.0 Å². The van der Waals surface area contributed by atoms with E-state index in [9.17, 15) is 0 Å². The van der Waals surface area contributed by atoms with Crippen LogP contribution in [0.25, 0.3) is 0 Å². The zero-order valence-electron chi connectivity index (χ0n) is 18.0. The molecule has 0 aromatic carbocycles. The Kier molecular flexibility index (Phi) is 8.88. The van der Waals surface area contributed by atoms with Crippen LogP contribution in [0.5, 0.6) is 0 Å². The van der Waals surface area contributed by atoms with Crippen molar-refractivity contribution < 1.29 is 4.42 Å². The third-order valence-electron chi connectivity index (χ3n) is 6.01. The summed E-state index contributed by atoms with van der Waals surface area (Å²) in [4.78, 5) is 9.50. The van der Waals surface area contributed by atoms with Crippen molar-refractivity contribution in [3.63, 3.8) is 0 Å². The van der Waals surface area contributed by atoms with Crippen molar-refractivity contribution in [3.8, 4) is 0 Å². The molecule has 4 heterocycles. The smallest absolute Gasteiger partial charge is 0.191 e. The number of likely N-dealkylation sites (tertiary alicyclic amines) is 1. The van der Waals surface area contributed by atoms with E-state index in [1.54, 1.807) is 0 Å². The lowest BCUT2D eigenvalue weighted by atomic mass is 10.1. The molecule has 6 nitrogen and oxygen atoms in total. The Hall–Kier alpha value is -1.26. The topological polar surface area (TPSA) is 56.0 Å². The molecule has 166 valence electrons. The van der Waals surface area contributed by atoms with Gasteiger partial charge in [-0.15, -0.1) is 35.3 Å². The molecule has 0 radical (unpaired) electrons. The van der Waals surface area contributed by atoms with E-state index >= 15 is 0 Å². The SMILES string of the molecule is CN=C(NCC(c1ccc(C)o1)N1CCCC1)NC1CCN(c2cccs2)CC1.I. The minimum atomic E-state index is 0. The fraction of sp³-hybridized carbons (Fsp3) is 0.591. The van der Waals surface area contributed by atoms with Crippen molar-refractivity contribution in [1.82, 2.24) is 15.5 Å². The van der Waals surface area contributed by atoms with E-state index in [0.717, 1.165) is 63.0 Å². The van der Waals surface area contributed by atoms with Gasteiger partial charge in [-0.1, -0.05) is 0 Å². The number of hydrogen-bond donors (Lipinski definition) is 2. The van der Waals surface area contributed by atoms with E-state index in [1.807, 2.05) is 25.3 Å². The first kappa shape index (κ1) is 23.4. The van der Waals surface area contributed by atoms with Gasteiger partial charge in [0.25, 0.3) is 0 Å². The standard InChI is InChI=1S/C22H33N5OS.HI/c1-17-7-8-20(28-17)19(26-11-3-4-12-26)16-24-22(23-2)25-18-9-13-27(14-10-18)21-6-5-15-29-21;/h5-8,15,18-19H,3-4,9-14,16H2,1-2H3,(H2,23,24,25);1H. The lowest BCUT2D eigenvalue weighted by Gasteiger charge is -2.34. The number of hydrogen-bond acceptors (Lipinski definition) is 5. The maximum absolute atomic E-state index is 5.97. The molecule has 1 atom stereocenters. The highest BCUT2D eigenvalue weighted by Gasteiger charge is 2.27. The van der Waals surface area contributed by atoms with Gasteiger partial charge in [-0.3, -0.25) is 9.89 Å². The molecule has 0 aliphatic carbocycles. The molecule has 1 unspecified atom stereocenters. The molecule has 4 rings (SSSR count). The normalized spacial score (nSPS) is 19.5. The molecule has 30 heavy (non-hydrogen) atoms. The third kappa shape index (κ3) is 5.91. The number of nitrogens with zero attached hydrogens (tertiary/aromatic N) is 3. The molecular weight excluding hydrogens is 509 g/mol. The van der Waals surface area contributed by atoms with Crippen molar-refractivity contribution in [2.45, 2.75) is 44.7 Å². The highest BCUT2D eigenvalue weighted by molar-refractivity contribution is 14.0. The van der Waals surface area contributed by atoms with Crippen LogP contribution in [-0.4, -0.2) is 56.7 Å². The van der Waals surface area contributed by atoms with Crippen LogP contribution < -0.4 is 15.5 Å². The first-order valence-corrected chi connectivity index (χ1v) is 11.7. The second kappa shape index (κ2) is 11.4. The number of halogens is 1. The molecule has 0 amide bonds. The summed E-state index contributed by atoms with van der Waals surface area (Å²) in [6, 6.07) is 9.25. The van der Waals surface area contributed by atoms with Crippen molar-refractivity contribution >= 4 is 46.3 Å². The molecule has 8 heteroatoms. The van der Waals surface area contributed by atoms with Gasteiger partial charge in [0.05, 0.1) is 11.0 Å². The fourth-order valence-corrected chi connectivity index (χ4v) is 5.16. The third-order valence-corrected chi connectivity index (χ3v) is 6.94. The molecule has 2 fully saturated rings. The number of piperidine rings is 1. The van der Waals surface area contributed by atoms with Crippen molar-refractivity contribution in [2.24, 2.45) is 4.99 Å². The Morgan fingerprint density at radius 2 is 1.97 bits per heavy atom. The van der Waals surface area contributed by atoms with Crippen molar-refractivity contribution in [1.29, 1.82) is 0 Å². The average molecular weight is 544 g/mol. The monoisotopic (exact) mass is 543 g/mol. The second-order valence-electron chi connectivity index (χ2n) is 8.02. The number of nitrogens with one attached hydrogen (secondary N) is 2. The molecule has 2 aliphatic heterocycles. The Labute approximate surface area is 201 Å². The van der Waals surface area contributed by atoms with Crippen molar-refractivity contribution in [3.05, 3.63) is 41.2 Å². The van der Waals surface area contributed by atoms with Crippen molar-refractivity contribution in [2.75, 3.05) is 44.7 Å². The zero-order chi connectivity index (χ0) is 20.1. The quantitative estimate of drug-likeness (QED) is 0.325. The number of rotatable bonds is 6. The number of aryl methyl sites for hydroxylation is 1. The van der Waals surface area contributed by atoms with Gasteiger partial charge in [0, 0.05) is 32.7 Å². The van der Waals surface area contributed by atoms with Gasteiger partial charge in [0.2, 0.25) is 0 Å². The number of furan rings is 1. The first-order valence-electron chi connectivity index (χ1n) is 10.8. The summed E-state index contributed by atoms with van der Waals surface area (Å²) in [7, 11) is 1.86. The first-order chi connectivity index (χ1) is 14.2. The summed E-state index contributed by atoms with van der Waals surface area (Å²) < 4.78 is 5.97. The second-order valence-corrected chi connectivity index (χ2v) is 8.94. The van der Waals surface area contributed by atoms with E-state index in [1.165, 1.54) is 17.8 Å². The largest absolute Gasteiger partial charge is 0.465 e.